The van der Waals surface area contributed by atoms with Crippen LogP contribution in [-0.2, 0) is 0 Å². The molecule has 0 fully saturated rings. The number of rotatable bonds is 2. The van der Waals surface area contributed by atoms with Crippen LogP contribution >= 0.6 is 22.7 Å². The van der Waals surface area contributed by atoms with Crippen molar-refractivity contribution in [2.75, 3.05) is 0 Å². The predicted molar refractivity (Wildman–Crippen MR) is 89.9 cm³/mol. The Morgan fingerprint density at radius 1 is 0.722 bits per heavy atom. The van der Waals surface area contributed by atoms with Gasteiger partial charge in [0.25, 0.3) is 0 Å². The molecule has 0 atom stereocenters. The SMILES string of the molecule is C[C](C)(C)[Sn][c]1cc2s[c]([Sn][C](C)(C)C)cc2s1. The Labute approximate surface area is 139 Å². The van der Waals surface area contributed by atoms with Crippen LogP contribution in [0.3, 0.4) is 0 Å². The second kappa shape index (κ2) is 5.57. The molecule has 2 rings (SSSR count). The van der Waals surface area contributed by atoms with Gasteiger partial charge in [0.05, 0.1) is 0 Å². The first-order valence-electron chi connectivity index (χ1n) is 6.22. The summed E-state index contributed by atoms with van der Waals surface area (Å²) < 4.78 is 7.73. The van der Waals surface area contributed by atoms with Crippen molar-refractivity contribution in [3.05, 3.63) is 12.1 Å². The quantitative estimate of drug-likeness (QED) is 0.558. The van der Waals surface area contributed by atoms with Crippen molar-refractivity contribution in [2.24, 2.45) is 0 Å². The number of hydrogen-bond donors (Lipinski definition) is 0. The van der Waals surface area contributed by atoms with Gasteiger partial charge >= 0.3 is 141 Å². The fraction of sp³-hybridized carbons (Fsp3) is 0.571. The molecular formula is C14H20S2Sn2. The van der Waals surface area contributed by atoms with Gasteiger partial charge in [0, 0.05) is 0 Å². The summed E-state index contributed by atoms with van der Waals surface area (Å²) in [5.41, 5.74) is 0. The van der Waals surface area contributed by atoms with Crippen molar-refractivity contribution in [1.82, 2.24) is 0 Å². The van der Waals surface area contributed by atoms with E-state index < -0.39 is 42.3 Å². The van der Waals surface area contributed by atoms with Gasteiger partial charge in [-0.25, -0.2) is 0 Å². The zero-order valence-corrected chi connectivity index (χ0v) is 19.3. The van der Waals surface area contributed by atoms with Gasteiger partial charge in [-0.3, -0.25) is 0 Å². The molecule has 0 aliphatic heterocycles. The Morgan fingerprint density at radius 2 is 1.06 bits per heavy atom. The van der Waals surface area contributed by atoms with Crippen molar-refractivity contribution in [3.63, 3.8) is 0 Å². The average Bonchev–Trinajstić information content (AvgIpc) is 2.53. The molecule has 4 heteroatoms. The van der Waals surface area contributed by atoms with Crippen molar-refractivity contribution < 1.29 is 0 Å². The molecule has 0 unspecified atom stereocenters. The minimum atomic E-state index is -0.404. The molecule has 2 aromatic heterocycles. The van der Waals surface area contributed by atoms with E-state index in [-0.39, 0.29) is 0 Å². The van der Waals surface area contributed by atoms with Gasteiger partial charge in [0.1, 0.15) is 0 Å². The second-order valence-electron chi connectivity index (χ2n) is 6.70. The molecule has 96 valence electrons. The van der Waals surface area contributed by atoms with Crippen molar-refractivity contribution in [2.45, 2.75) is 48.4 Å². The van der Waals surface area contributed by atoms with Gasteiger partial charge in [0.15, 0.2) is 0 Å². The second-order valence-corrected chi connectivity index (χ2v) is 24.0. The molecule has 0 aliphatic rings. The van der Waals surface area contributed by atoms with E-state index in [1.165, 1.54) is 0 Å². The number of hydrogen-bond acceptors (Lipinski definition) is 2. The summed E-state index contributed by atoms with van der Waals surface area (Å²) in [5, 5.41) is 0. The van der Waals surface area contributed by atoms with Gasteiger partial charge < -0.3 is 0 Å². The van der Waals surface area contributed by atoms with Crippen LogP contribution in [0.4, 0.5) is 0 Å². The summed E-state index contributed by atoms with van der Waals surface area (Å²) in [5.74, 6) is 0. The molecule has 0 amide bonds. The normalized spacial score (nSPS) is 13.4. The third kappa shape index (κ3) is 4.67. The van der Waals surface area contributed by atoms with Crippen molar-refractivity contribution >= 4 is 80.1 Å². The van der Waals surface area contributed by atoms with Gasteiger partial charge in [-0.1, -0.05) is 0 Å². The molecule has 0 spiro atoms. The van der Waals surface area contributed by atoms with E-state index in [4.69, 9.17) is 0 Å². The summed E-state index contributed by atoms with van der Waals surface area (Å²) >= 11 is 3.36. The van der Waals surface area contributed by atoms with E-state index in [1.54, 1.807) is 15.2 Å². The molecule has 4 radical (unpaired) electrons. The predicted octanol–water partition coefficient (Wildman–Crippen LogP) is 4.06. The molecule has 0 saturated carbocycles. The average molecular weight is 490 g/mol. The third-order valence-electron chi connectivity index (χ3n) is 2.20. The molecule has 0 aliphatic carbocycles. The first-order valence-corrected chi connectivity index (χ1v) is 13.6. The van der Waals surface area contributed by atoms with Crippen LogP contribution in [0.15, 0.2) is 12.1 Å². The molecule has 0 N–H and O–H groups in total. The van der Waals surface area contributed by atoms with Crippen LogP contribution in [-0.4, -0.2) is 42.3 Å². The van der Waals surface area contributed by atoms with Crippen LogP contribution in [0.5, 0.6) is 0 Å². The molecular weight excluding hydrogens is 470 g/mol. The summed E-state index contributed by atoms with van der Waals surface area (Å²) in [6.45, 7) is 14.4. The van der Waals surface area contributed by atoms with E-state index in [9.17, 15) is 0 Å². The van der Waals surface area contributed by atoms with Crippen molar-refractivity contribution in [3.8, 4) is 0 Å². The third-order valence-corrected chi connectivity index (χ3v) is 13.8. The zero-order valence-electron chi connectivity index (χ0n) is 12.0. The maximum atomic E-state index is 2.51. The number of thiophene rings is 2. The minimum absolute atomic E-state index is 0.404. The van der Waals surface area contributed by atoms with E-state index in [2.05, 4.69) is 76.3 Å². The Morgan fingerprint density at radius 3 is 1.33 bits per heavy atom. The van der Waals surface area contributed by atoms with Crippen LogP contribution in [0.25, 0.3) is 9.40 Å². The maximum absolute atomic E-state index is 2.51. The first-order chi connectivity index (χ1) is 8.12. The Hall–Kier alpha value is 1.26. The summed E-state index contributed by atoms with van der Waals surface area (Å²) in [6, 6.07) is 5.02. The number of fused-ring (bicyclic) bond motifs is 1. The standard InChI is InChI=1S/C6H2S2.2C4H9.2Sn/c1-3-7-6-2-4-8-5(1)6;2*1-4(2)3;;/h1-2H;2*1-3H3;;. The molecule has 2 aromatic rings. The summed E-state index contributed by atoms with van der Waals surface area (Å²) in [6.07, 6.45) is 0. The van der Waals surface area contributed by atoms with Gasteiger partial charge in [-0.2, -0.15) is 0 Å². The van der Waals surface area contributed by atoms with Crippen molar-refractivity contribution in [1.29, 1.82) is 0 Å². The molecule has 0 aromatic carbocycles. The van der Waals surface area contributed by atoms with Gasteiger partial charge in [-0.05, 0) is 0 Å². The zero-order chi connectivity index (χ0) is 13.6. The first kappa shape index (κ1) is 15.6. The molecule has 0 bridgehead atoms. The molecule has 2 heterocycles. The Bertz CT molecular complexity index is 461. The fourth-order valence-electron chi connectivity index (χ4n) is 1.70. The topological polar surface area (TPSA) is 0 Å². The molecule has 0 saturated heterocycles. The van der Waals surface area contributed by atoms with Crippen LogP contribution in [0, 0.1) is 0 Å². The Balaban J connectivity index is 2.20. The monoisotopic (exact) mass is 492 g/mol. The van der Waals surface area contributed by atoms with Gasteiger partial charge in [-0.15, -0.1) is 0 Å². The molecule has 0 nitrogen and oxygen atoms in total. The van der Waals surface area contributed by atoms with Crippen LogP contribution < -0.4 is 5.79 Å². The molecule has 18 heavy (non-hydrogen) atoms. The van der Waals surface area contributed by atoms with E-state index in [1.807, 2.05) is 0 Å². The van der Waals surface area contributed by atoms with E-state index in [0.717, 1.165) is 0 Å². The van der Waals surface area contributed by atoms with E-state index in [0.29, 0.717) is 6.86 Å². The Kier molecular flexibility index (Phi) is 4.84. The van der Waals surface area contributed by atoms with Gasteiger partial charge in [0.2, 0.25) is 0 Å². The van der Waals surface area contributed by atoms with Crippen LogP contribution in [0.2, 0.25) is 6.86 Å². The van der Waals surface area contributed by atoms with Crippen LogP contribution in [0.1, 0.15) is 41.5 Å². The fourth-order valence-corrected chi connectivity index (χ4v) is 16.6. The summed E-state index contributed by atoms with van der Waals surface area (Å²) in [7, 11) is 0. The van der Waals surface area contributed by atoms with E-state index >= 15 is 0 Å². The summed E-state index contributed by atoms with van der Waals surface area (Å²) in [4.78, 5) is 0.